The van der Waals surface area contributed by atoms with Crippen LogP contribution in [0.15, 0.2) is 24.3 Å². The Morgan fingerprint density at radius 1 is 1.48 bits per heavy atom. The number of amides is 1. The smallest absolute Gasteiger partial charge is 0.331 e. The van der Waals surface area contributed by atoms with Crippen LogP contribution in [0.3, 0.4) is 0 Å². The summed E-state index contributed by atoms with van der Waals surface area (Å²) in [5.41, 5.74) is 0.0916. The van der Waals surface area contributed by atoms with E-state index in [0.29, 0.717) is 13.2 Å². The number of carbonyl (C=O) groups excluding carboxylic acids is 2. The highest BCUT2D eigenvalue weighted by atomic mass is 35.5. The first-order valence-corrected chi connectivity index (χ1v) is 7.61. The van der Waals surface area contributed by atoms with Crippen LogP contribution in [0.2, 0.25) is 5.02 Å². The minimum atomic E-state index is -0.753. The van der Waals surface area contributed by atoms with Gasteiger partial charge in [0.2, 0.25) is 0 Å². The van der Waals surface area contributed by atoms with Crippen molar-refractivity contribution >= 4 is 29.6 Å². The Labute approximate surface area is 138 Å². The lowest BCUT2D eigenvalue weighted by atomic mass is 10.2. The van der Waals surface area contributed by atoms with Gasteiger partial charge in [0, 0.05) is 24.8 Å². The van der Waals surface area contributed by atoms with Crippen molar-refractivity contribution in [1.82, 2.24) is 5.32 Å². The van der Waals surface area contributed by atoms with Crippen LogP contribution in [0.5, 0.6) is 0 Å². The first-order chi connectivity index (χ1) is 11.1. The number of ether oxygens (including phenoxy) is 2. The number of rotatable bonds is 6. The van der Waals surface area contributed by atoms with Crippen LogP contribution in [0.1, 0.15) is 18.4 Å². The van der Waals surface area contributed by atoms with E-state index in [9.17, 15) is 14.0 Å². The fourth-order valence-electron chi connectivity index (χ4n) is 2.09. The van der Waals surface area contributed by atoms with E-state index in [2.05, 4.69) is 5.32 Å². The molecule has 0 saturated carbocycles. The van der Waals surface area contributed by atoms with Gasteiger partial charge in [0.05, 0.1) is 11.1 Å². The maximum atomic E-state index is 13.5. The van der Waals surface area contributed by atoms with Crippen LogP contribution in [0, 0.1) is 5.82 Å². The van der Waals surface area contributed by atoms with Gasteiger partial charge in [0.15, 0.2) is 6.61 Å². The van der Waals surface area contributed by atoms with Gasteiger partial charge in [-0.1, -0.05) is 17.7 Å². The van der Waals surface area contributed by atoms with E-state index in [1.807, 2.05) is 0 Å². The van der Waals surface area contributed by atoms with Gasteiger partial charge in [-0.2, -0.15) is 0 Å². The predicted octanol–water partition coefficient (Wildman–Crippen LogP) is 2.33. The van der Waals surface area contributed by atoms with Gasteiger partial charge < -0.3 is 14.8 Å². The number of esters is 1. The Morgan fingerprint density at radius 2 is 2.30 bits per heavy atom. The molecule has 1 aliphatic heterocycles. The Kier molecular flexibility index (Phi) is 6.55. The van der Waals surface area contributed by atoms with Crippen LogP contribution < -0.4 is 5.32 Å². The molecule has 124 valence electrons. The van der Waals surface area contributed by atoms with Crippen molar-refractivity contribution in [2.45, 2.75) is 18.9 Å². The molecule has 5 nitrogen and oxygen atoms in total. The maximum absolute atomic E-state index is 13.5. The van der Waals surface area contributed by atoms with E-state index in [1.54, 1.807) is 0 Å². The summed E-state index contributed by atoms with van der Waals surface area (Å²) < 4.78 is 23.6. The quantitative estimate of drug-likeness (QED) is 0.637. The highest BCUT2D eigenvalue weighted by molar-refractivity contribution is 6.32. The van der Waals surface area contributed by atoms with E-state index in [4.69, 9.17) is 21.1 Å². The molecule has 1 atom stereocenters. The molecule has 0 aliphatic carbocycles. The molecule has 0 radical (unpaired) electrons. The van der Waals surface area contributed by atoms with Crippen LogP contribution in [-0.4, -0.2) is 37.7 Å². The van der Waals surface area contributed by atoms with Crippen molar-refractivity contribution in [2.75, 3.05) is 19.8 Å². The fourth-order valence-corrected chi connectivity index (χ4v) is 2.32. The number of carbonyl (C=O) groups is 2. The molecule has 1 unspecified atom stereocenters. The van der Waals surface area contributed by atoms with Crippen molar-refractivity contribution in [1.29, 1.82) is 0 Å². The summed E-state index contributed by atoms with van der Waals surface area (Å²) in [7, 11) is 0. The highest BCUT2D eigenvalue weighted by Gasteiger charge is 2.16. The summed E-state index contributed by atoms with van der Waals surface area (Å²) in [5, 5.41) is 2.81. The first kappa shape index (κ1) is 17.4. The molecule has 1 fully saturated rings. The van der Waals surface area contributed by atoms with Gasteiger partial charge in [-0.05, 0) is 31.1 Å². The number of benzene rings is 1. The SMILES string of the molecule is O=C(COC(=O)/C=C/c1c(F)cccc1Cl)NCC1CCCO1. The molecule has 1 saturated heterocycles. The third-order valence-electron chi connectivity index (χ3n) is 3.28. The van der Waals surface area contributed by atoms with E-state index < -0.39 is 24.3 Å². The summed E-state index contributed by atoms with van der Waals surface area (Å²) >= 11 is 5.82. The summed E-state index contributed by atoms with van der Waals surface area (Å²) in [6.45, 7) is 0.705. The number of nitrogens with one attached hydrogen (secondary N) is 1. The molecule has 7 heteroatoms. The Morgan fingerprint density at radius 3 is 3.00 bits per heavy atom. The van der Waals surface area contributed by atoms with Crippen molar-refractivity contribution in [3.8, 4) is 0 Å². The minimum absolute atomic E-state index is 0.0257. The molecule has 1 heterocycles. The summed E-state index contributed by atoms with van der Waals surface area (Å²) in [5.74, 6) is -1.71. The molecule has 1 amide bonds. The summed E-state index contributed by atoms with van der Waals surface area (Å²) in [6.07, 6.45) is 4.16. The van der Waals surface area contributed by atoms with Crippen molar-refractivity contribution in [3.63, 3.8) is 0 Å². The van der Waals surface area contributed by atoms with Crippen LogP contribution in [-0.2, 0) is 19.1 Å². The average Bonchev–Trinajstić information content (AvgIpc) is 3.04. The zero-order chi connectivity index (χ0) is 16.7. The van der Waals surface area contributed by atoms with E-state index in [-0.39, 0.29) is 16.7 Å². The number of halogens is 2. The Balaban J connectivity index is 1.74. The highest BCUT2D eigenvalue weighted by Crippen LogP contribution is 2.20. The third kappa shape index (κ3) is 5.65. The standard InChI is InChI=1S/C16H17ClFNO4/c17-13-4-1-5-14(18)12(13)6-7-16(21)23-10-15(20)19-9-11-3-2-8-22-11/h1,4-7,11H,2-3,8-10H2,(H,19,20)/b7-6+. The number of hydrogen-bond acceptors (Lipinski definition) is 4. The summed E-state index contributed by atoms with van der Waals surface area (Å²) in [6, 6.07) is 4.20. The fraction of sp³-hybridized carbons (Fsp3) is 0.375. The van der Waals surface area contributed by atoms with Crippen LogP contribution in [0.25, 0.3) is 6.08 Å². The van der Waals surface area contributed by atoms with Crippen LogP contribution in [0.4, 0.5) is 4.39 Å². The normalized spacial score (nSPS) is 17.4. The van der Waals surface area contributed by atoms with Gasteiger partial charge in [0.25, 0.3) is 5.91 Å². The Bertz CT molecular complexity index is 579. The summed E-state index contributed by atoms with van der Waals surface area (Å²) in [4.78, 5) is 23.1. The first-order valence-electron chi connectivity index (χ1n) is 7.23. The van der Waals surface area contributed by atoms with Crippen molar-refractivity contribution in [2.24, 2.45) is 0 Å². The lowest BCUT2D eigenvalue weighted by molar-refractivity contribution is -0.143. The second kappa shape index (κ2) is 8.64. The van der Waals surface area contributed by atoms with Gasteiger partial charge in [0.1, 0.15) is 5.82 Å². The van der Waals surface area contributed by atoms with Crippen molar-refractivity contribution in [3.05, 3.63) is 40.7 Å². The van der Waals surface area contributed by atoms with E-state index in [0.717, 1.165) is 18.9 Å². The second-order valence-corrected chi connectivity index (χ2v) is 5.42. The van der Waals surface area contributed by atoms with Crippen molar-refractivity contribution < 1.29 is 23.5 Å². The molecule has 1 aromatic carbocycles. The molecule has 1 N–H and O–H groups in total. The molecule has 1 aromatic rings. The molecular weight excluding hydrogens is 325 g/mol. The lowest BCUT2D eigenvalue weighted by Crippen LogP contribution is -2.34. The Hall–Kier alpha value is -1.92. The van der Waals surface area contributed by atoms with E-state index in [1.165, 1.54) is 24.3 Å². The van der Waals surface area contributed by atoms with Crippen LogP contribution >= 0.6 is 11.6 Å². The molecule has 0 spiro atoms. The average molecular weight is 342 g/mol. The monoisotopic (exact) mass is 341 g/mol. The molecule has 0 aromatic heterocycles. The van der Waals surface area contributed by atoms with Gasteiger partial charge in [-0.15, -0.1) is 0 Å². The maximum Gasteiger partial charge on any atom is 0.331 e. The lowest BCUT2D eigenvalue weighted by Gasteiger charge is -2.10. The van der Waals surface area contributed by atoms with E-state index >= 15 is 0 Å². The molecule has 23 heavy (non-hydrogen) atoms. The number of hydrogen-bond donors (Lipinski definition) is 1. The minimum Gasteiger partial charge on any atom is -0.452 e. The molecular formula is C16H17ClFNO4. The van der Waals surface area contributed by atoms with Gasteiger partial charge >= 0.3 is 5.97 Å². The topological polar surface area (TPSA) is 64.6 Å². The predicted molar refractivity (Wildman–Crippen MR) is 83.4 cm³/mol. The molecule has 0 bridgehead atoms. The zero-order valence-corrected chi connectivity index (χ0v) is 13.1. The zero-order valence-electron chi connectivity index (χ0n) is 12.4. The largest absolute Gasteiger partial charge is 0.452 e. The van der Waals surface area contributed by atoms with Gasteiger partial charge in [-0.3, -0.25) is 4.79 Å². The molecule has 2 rings (SSSR count). The van der Waals surface area contributed by atoms with Gasteiger partial charge in [-0.25, -0.2) is 9.18 Å². The second-order valence-electron chi connectivity index (χ2n) is 5.02. The molecule has 1 aliphatic rings. The third-order valence-corrected chi connectivity index (χ3v) is 3.61.